The zero-order valence-corrected chi connectivity index (χ0v) is 7.92. The Morgan fingerprint density at radius 2 is 2.15 bits per heavy atom. The van der Waals surface area contributed by atoms with Gasteiger partial charge in [-0.15, -0.1) is 0 Å². The molecular formula is C10H10ClNO. The lowest BCUT2D eigenvalue weighted by Crippen LogP contribution is -2.09. The highest BCUT2D eigenvalue weighted by molar-refractivity contribution is 6.34. The van der Waals surface area contributed by atoms with Crippen LogP contribution in [0.5, 0.6) is 0 Å². The van der Waals surface area contributed by atoms with Crippen molar-refractivity contribution in [2.75, 3.05) is 6.61 Å². The summed E-state index contributed by atoms with van der Waals surface area (Å²) in [6.45, 7) is 0.716. The summed E-state index contributed by atoms with van der Waals surface area (Å²) in [5, 5.41) is 4.74. The van der Waals surface area contributed by atoms with E-state index in [4.69, 9.17) is 16.4 Å². The Hall–Kier alpha value is -1.02. The Morgan fingerprint density at radius 1 is 1.31 bits per heavy atom. The molecule has 0 unspecified atom stereocenters. The predicted molar refractivity (Wildman–Crippen MR) is 53.2 cm³/mol. The number of hydrogen-bond acceptors (Lipinski definition) is 2. The van der Waals surface area contributed by atoms with Gasteiger partial charge in [-0.3, -0.25) is 0 Å². The molecule has 13 heavy (non-hydrogen) atoms. The van der Waals surface area contributed by atoms with Crippen molar-refractivity contribution < 1.29 is 4.84 Å². The highest BCUT2D eigenvalue weighted by Crippen LogP contribution is 2.19. The predicted octanol–water partition coefficient (Wildman–Crippen LogP) is 2.85. The third-order valence-corrected chi connectivity index (χ3v) is 2.34. The van der Waals surface area contributed by atoms with Crippen molar-refractivity contribution >= 4 is 17.3 Å². The molecule has 1 aliphatic heterocycles. The van der Waals surface area contributed by atoms with Gasteiger partial charge in [-0.25, -0.2) is 0 Å². The normalized spacial score (nSPS) is 16.2. The smallest absolute Gasteiger partial charge is 0.117 e. The van der Waals surface area contributed by atoms with Gasteiger partial charge in [0.2, 0.25) is 0 Å². The van der Waals surface area contributed by atoms with Gasteiger partial charge in [-0.1, -0.05) is 35.0 Å². The Kier molecular flexibility index (Phi) is 2.50. The minimum atomic E-state index is 0.716. The molecule has 2 rings (SSSR count). The van der Waals surface area contributed by atoms with Crippen molar-refractivity contribution in [2.45, 2.75) is 12.8 Å². The number of oxime groups is 1. The van der Waals surface area contributed by atoms with Crippen LogP contribution in [0.25, 0.3) is 0 Å². The van der Waals surface area contributed by atoms with E-state index in [9.17, 15) is 0 Å². The van der Waals surface area contributed by atoms with Crippen molar-refractivity contribution in [1.82, 2.24) is 0 Å². The van der Waals surface area contributed by atoms with Crippen molar-refractivity contribution in [3.8, 4) is 0 Å². The fourth-order valence-corrected chi connectivity index (χ4v) is 1.60. The van der Waals surface area contributed by atoms with Gasteiger partial charge in [-0.05, 0) is 18.9 Å². The average molecular weight is 196 g/mol. The van der Waals surface area contributed by atoms with Gasteiger partial charge in [0.1, 0.15) is 6.61 Å². The maximum absolute atomic E-state index is 6.02. The van der Waals surface area contributed by atoms with Crippen molar-refractivity contribution in [2.24, 2.45) is 5.16 Å². The second-order valence-corrected chi connectivity index (χ2v) is 3.36. The molecule has 1 aliphatic rings. The van der Waals surface area contributed by atoms with Crippen LogP contribution in [0.2, 0.25) is 5.02 Å². The minimum absolute atomic E-state index is 0.716. The first-order chi connectivity index (χ1) is 6.38. The molecule has 0 aromatic heterocycles. The summed E-state index contributed by atoms with van der Waals surface area (Å²) in [7, 11) is 0. The van der Waals surface area contributed by atoms with Crippen LogP contribution in [0.1, 0.15) is 18.4 Å². The summed E-state index contributed by atoms with van der Waals surface area (Å²) in [6, 6.07) is 7.71. The molecular weight excluding hydrogens is 186 g/mol. The second kappa shape index (κ2) is 3.79. The molecule has 0 radical (unpaired) electrons. The van der Waals surface area contributed by atoms with Gasteiger partial charge in [0.15, 0.2) is 0 Å². The zero-order chi connectivity index (χ0) is 9.10. The van der Waals surface area contributed by atoms with Crippen molar-refractivity contribution in [3.05, 3.63) is 34.9 Å². The first-order valence-corrected chi connectivity index (χ1v) is 4.69. The minimum Gasteiger partial charge on any atom is -0.396 e. The van der Waals surface area contributed by atoms with Crippen LogP contribution < -0.4 is 0 Å². The summed E-state index contributed by atoms with van der Waals surface area (Å²) in [4.78, 5) is 5.02. The molecule has 0 bridgehead atoms. The van der Waals surface area contributed by atoms with E-state index >= 15 is 0 Å². The van der Waals surface area contributed by atoms with Gasteiger partial charge in [0.25, 0.3) is 0 Å². The first kappa shape index (κ1) is 8.57. The number of hydrogen-bond donors (Lipinski definition) is 0. The first-order valence-electron chi connectivity index (χ1n) is 4.31. The molecule has 0 aliphatic carbocycles. The Balaban J connectivity index is 2.34. The second-order valence-electron chi connectivity index (χ2n) is 2.95. The molecule has 1 heterocycles. The summed E-state index contributed by atoms with van der Waals surface area (Å²) >= 11 is 6.02. The van der Waals surface area contributed by atoms with Gasteiger partial charge in [0, 0.05) is 10.6 Å². The summed E-state index contributed by atoms with van der Waals surface area (Å²) in [5.41, 5.74) is 1.95. The van der Waals surface area contributed by atoms with Crippen LogP contribution in [0.4, 0.5) is 0 Å². The summed E-state index contributed by atoms with van der Waals surface area (Å²) in [6.07, 6.45) is 1.97. The zero-order valence-electron chi connectivity index (χ0n) is 7.16. The molecule has 0 amide bonds. The molecule has 0 spiro atoms. The molecule has 0 N–H and O–H groups in total. The van der Waals surface area contributed by atoms with Crippen LogP contribution in [-0.2, 0) is 4.84 Å². The van der Waals surface area contributed by atoms with E-state index < -0.39 is 0 Å². The molecule has 3 heteroatoms. The van der Waals surface area contributed by atoms with E-state index in [2.05, 4.69) is 5.16 Å². The fourth-order valence-electron chi connectivity index (χ4n) is 1.35. The molecule has 0 atom stereocenters. The van der Waals surface area contributed by atoms with Crippen LogP contribution in [0.3, 0.4) is 0 Å². The topological polar surface area (TPSA) is 21.6 Å². The largest absolute Gasteiger partial charge is 0.396 e. The standard InChI is InChI=1S/C10H10ClNO/c11-9-5-2-1-4-8(9)10-6-3-7-13-12-10/h1-2,4-5H,3,6-7H2. The Bertz CT molecular complexity index is 335. The number of rotatable bonds is 1. The fraction of sp³-hybridized carbons (Fsp3) is 0.300. The number of halogens is 1. The molecule has 68 valence electrons. The lowest BCUT2D eigenvalue weighted by atomic mass is 10.1. The molecule has 1 aromatic rings. The maximum atomic E-state index is 6.02. The van der Waals surface area contributed by atoms with Gasteiger partial charge < -0.3 is 4.84 Å². The average Bonchev–Trinajstić information content (AvgIpc) is 2.20. The maximum Gasteiger partial charge on any atom is 0.117 e. The molecule has 2 nitrogen and oxygen atoms in total. The van der Waals surface area contributed by atoms with Crippen LogP contribution in [-0.4, -0.2) is 12.3 Å². The third-order valence-electron chi connectivity index (χ3n) is 2.01. The van der Waals surface area contributed by atoms with E-state index in [1.807, 2.05) is 24.3 Å². The van der Waals surface area contributed by atoms with E-state index in [0.29, 0.717) is 6.61 Å². The Labute approximate surface area is 82.2 Å². The SMILES string of the molecule is Clc1ccccc1C1=NOCCC1. The van der Waals surface area contributed by atoms with E-state index in [1.165, 1.54) is 0 Å². The number of nitrogens with zero attached hydrogens (tertiary/aromatic N) is 1. The molecule has 1 aromatic carbocycles. The van der Waals surface area contributed by atoms with Crippen molar-refractivity contribution in [3.63, 3.8) is 0 Å². The molecule has 0 saturated carbocycles. The van der Waals surface area contributed by atoms with Gasteiger partial charge in [-0.2, -0.15) is 0 Å². The van der Waals surface area contributed by atoms with Crippen LogP contribution in [0.15, 0.2) is 29.4 Å². The van der Waals surface area contributed by atoms with Gasteiger partial charge >= 0.3 is 0 Å². The third kappa shape index (κ3) is 1.83. The van der Waals surface area contributed by atoms with E-state index in [-0.39, 0.29) is 0 Å². The molecule has 0 fully saturated rings. The lowest BCUT2D eigenvalue weighted by Gasteiger charge is -2.12. The van der Waals surface area contributed by atoms with E-state index in [0.717, 1.165) is 29.1 Å². The Morgan fingerprint density at radius 3 is 2.85 bits per heavy atom. The lowest BCUT2D eigenvalue weighted by molar-refractivity contribution is 0.132. The monoisotopic (exact) mass is 195 g/mol. The highest BCUT2D eigenvalue weighted by Gasteiger charge is 2.11. The highest BCUT2D eigenvalue weighted by atomic mass is 35.5. The molecule has 0 saturated heterocycles. The van der Waals surface area contributed by atoms with Crippen molar-refractivity contribution in [1.29, 1.82) is 0 Å². The van der Waals surface area contributed by atoms with Crippen LogP contribution in [0, 0.1) is 0 Å². The quantitative estimate of drug-likeness (QED) is 0.675. The van der Waals surface area contributed by atoms with Crippen LogP contribution >= 0.6 is 11.6 Å². The van der Waals surface area contributed by atoms with E-state index in [1.54, 1.807) is 0 Å². The summed E-state index contributed by atoms with van der Waals surface area (Å²) in [5.74, 6) is 0. The van der Waals surface area contributed by atoms with Gasteiger partial charge in [0.05, 0.1) is 5.71 Å². The number of benzene rings is 1. The summed E-state index contributed by atoms with van der Waals surface area (Å²) < 4.78 is 0.